The number of amidine groups is 1. The summed E-state index contributed by atoms with van der Waals surface area (Å²) in [6.07, 6.45) is 1.01. The van der Waals surface area contributed by atoms with Gasteiger partial charge in [-0.05, 0) is 33.1 Å². The van der Waals surface area contributed by atoms with Crippen molar-refractivity contribution in [3.8, 4) is 0 Å². The van der Waals surface area contributed by atoms with E-state index in [2.05, 4.69) is 18.8 Å². The number of hydrogen-bond acceptors (Lipinski definition) is 2. The highest BCUT2D eigenvalue weighted by molar-refractivity contribution is 5.77. The van der Waals surface area contributed by atoms with Crippen LogP contribution in [-0.2, 0) is 0 Å². The fourth-order valence-electron chi connectivity index (χ4n) is 1.15. The summed E-state index contributed by atoms with van der Waals surface area (Å²) in [5, 5.41) is 0. The molecule has 0 aromatic heterocycles. The maximum Gasteiger partial charge on any atom is 0.0908 e. The van der Waals surface area contributed by atoms with Crippen LogP contribution >= 0.6 is 0 Å². The van der Waals surface area contributed by atoms with Crippen molar-refractivity contribution in [3.05, 3.63) is 0 Å². The lowest BCUT2D eigenvalue weighted by Crippen LogP contribution is -2.27. The van der Waals surface area contributed by atoms with E-state index in [1.165, 1.54) is 0 Å². The van der Waals surface area contributed by atoms with Gasteiger partial charge < -0.3 is 11.5 Å². The van der Waals surface area contributed by atoms with E-state index in [9.17, 15) is 0 Å². The van der Waals surface area contributed by atoms with Crippen molar-refractivity contribution in [2.24, 2.45) is 22.4 Å². The lowest BCUT2D eigenvalue weighted by molar-refractivity contribution is 0.419. The molecule has 0 rings (SSSR count). The van der Waals surface area contributed by atoms with Crippen LogP contribution in [0.5, 0.6) is 0 Å². The van der Waals surface area contributed by atoms with Crippen LogP contribution in [0.3, 0.4) is 0 Å². The highest BCUT2D eigenvalue weighted by Crippen LogP contribution is 2.11. The van der Waals surface area contributed by atoms with Crippen LogP contribution in [0.15, 0.2) is 4.99 Å². The van der Waals surface area contributed by atoms with Crippen LogP contribution in [0.1, 0.15) is 34.1 Å². The molecule has 0 heterocycles. The van der Waals surface area contributed by atoms with Crippen LogP contribution in [0.25, 0.3) is 0 Å². The van der Waals surface area contributed by atoms with Gasteiger partial charge in [0, 0.05) is 12.1 Å². The summed E-state index contributed by atoms with van der Waals surface area (Å²) in [7, 11) is 0. The third-order valence-corrected chi connectivity index (χ3v) is 2.03. The van der Waals surface area contributed by atoms with Gasteiger partial charge in [-0.25, -0.2) is 0 Å². The van der Waals surface area contributed by atoms with Crippen LogP contribution in [-0.4, -0.2) is 17.9 Å². The molecule has 0 saturated heterocycles. The fraction of sp³-hybridized carbons (Fsp3) is 0.889. The van der Waals surface area contributed by atoms with Crippen molar-refractivity contribution in [1.29, 1.82) is 0 Å². The molecule has 0 aromatic carbocycles. The van der Waals surface area contributed by atoms with Gasteiger partial charge in [0.05, 0.1) is 5.84 Å². The van der Waals surface area contributed by atoms with Gasteiger partial charge in [0.15, 0.2) is 0 Å². The van der Waals surface area contributed by atoms with E-state index in [0.717, 1.165) is 6.42 Å². The van der Waals surface area contributed by atoms with Gasteiger partial charge in [-0.15, -0.1) is 0 Å². The molecule has 72 valence electrons. The molecule has 0 amide bonds. The lowest BCUT2D eigenvalue weighted by atomic mass is 9.97. The zero-order chi connectivity index (χ0) is 9.72. The number of aliphatic imine (C=N–C) groups is 1. The molecular weight excluding hydrogens is 150 g/mol. The minimum Gasteiger partial charge on any atom is -0.388 e. The first kappa shape index (κ1) is 11.4. The summed E-state index contributed by atoms with van der Waals surface area (Å²) in [5.41, 5.74) is 11.2. The van der Waals surface area contributed by atoms with Gasteiger partial charge in [-0.3, -0.25) is 4.99 Å². The predicted octanol–water partition coefficient (Wildman–Crippen LogP) is 1.13. The van der Waals surface area contributed by atoms with E-state index in [0.29, 0.717) is 11.8 Å². The second-order valence-electron chi connectivity index (χ2n) is 3.69. The summed E-state index contributed by atoms with van der Waals surface area (Å²) >= 11 is 0. The van der Waals surface area contributed by atoms with Crippen molar-refractivity contribution in [1.82, 2.24) is 0 Å². The average molecular weight is 171 g/mol. The second-order valence-corrected chi connectivity index (χ2v) is 3.69. The number of hydrogen-bond donors (Lipinski definition) is 2. The summed E-state index contributed by atoms with van der Waals surface area (Å²) < 4.78 is 0. The maximum atomic E-state index is 5.74. The number of nitrogens with two attached hydrogens (primary N) is 2. The van der Waals surface area contributed by atoms with Crippen LogP contribution in [0.2, 0.25) is 0 Å². The highest BCUT2D eigenvalue weighted by atomic mass is 14.9. The monoisotopic (exact) mass is 171 g/mol. The Hall–Kier alpha value is -0.570. The quantitative estimate of drug-likeness (QED) is 0.492. The molecule has 4 N–H and O–H groups in total. The number of nitrogens with zero attached hydrogens (tertiary/aromatic N) is 1. The molecule has 3 atom stereocenters. The summed E-state index contributed by atoms with van der Waals surface area (Å²) in [6, 6.07) is 0.525. The summed E-state index contributed by atoms with van der Waals surface area (Å²) in [4.78, 5) is 4.24. The SMILES string of the molecule is CC(N)=N[C@@H](C)CC(C)C(C)N. The molecule has 0 aliphatic rings. The Morgan fingerprint density at radius 3 is 2.17 bits per heavy atom. The Kier molecular flexibility index (Phi) is 4.90. The van der Waals surface area contributed by atoms with Gasteiger partial charge in [0.2, 0.25) is 0 Å². The lowest BCUT2D eigenvalue weighted by Gasteiger charge is -2.17. The third kappa shape index (κ3) is 5.13. The van der Waals surface area contributed by atoms with Crippen LogP contribution < -0.4 is 11.5 Å². The minimum atomic E-state index is 0.237. The van der Waals surface area contributed by atoms with Crippen molar-refractivity contribution < 1.29 is 0 Å². The molecule has 0 aliphatic carbocycles. The van der Waals surface area contributed by atoms with Gasteiger partial charge in [-0.2, -0.15) is 0 Å². The van der Waals surface area contributed by atoms with E-state index >= 15 is 0 Å². The molecule has 2 unspecified atom stereocenters. The molecule has 0 bridgehead atoms. The van der Waals surface area contributed by atoms with E-state index < -0.39 is 0 Å². The molecule has 0 aliphatic heterocycles. The normalized spacial score (nSPS) is 20.2. The molecule has 0 spiro atoms. The Labute approximate surface area is 75.2 Å². The molecule has 0 radical (unpaired) electrons. The molecule has 0 saturated carbocycles. The standard InChI is InChI=1S/C9H21N3/c1-6(8(3)10)5-7(2)12-9(4)11/h6-8H,5,10H2,1-4H3,(H2,11,12)/t6?,7-,8?/m0/s1. The second kappa shape index (κ2) is 5.14. The molecule has 3 heteroatoms. The molecule has 12 heavy (non-hydrogen) atoms. The first-order valence-corrected chi connectivity index (χ1v) is 4.49. The largest absolute Gasteiger partial charge is 0.388 e. The third-order valence-electron chi connectivity index (χ3n) is 2.03. The van der Waals surface area contributed by atoms with Crippen molar-refractivity contribution >= 4 is 5.84 Å². The van der Waals surface area contributed by atoms with Crippen molar-refractivity contribution in [2.45, 2.75) is 46.2 Å². The first-order chi connectivity index (χ1) is 5.43. The molecule has 0 aromatic rings. The van der Waals surface area contributed by atoms with Gasteiger partial charge in [-0.1, -0.05) is 6.92 Å². The Bertz CT molecular complexity index is 148. The summed E-state index contributed by atoms with van der Waals surface area (Å²) in [5.74, 6) is 1.16. The van der Waals surface area contributed by atoms with E-state index in [1.54, 1.807) is 0 Å². The molecular formula is C9H21N3. The minimum absolute atomic E-state index is 0.237. The van der Waals surface area contributed by atoms with E-state index in [4.69, 9.17) is 11.5 Å². The first-order valence-electron chi connectivity index (χ1n) is 4.49. The maximum absolute atomic E-state index is 5.74. The molecule has 0 fully saturated rings. The van der Waals surface area contributed by atoms with Gasteiger partial charge in [0.1, 0.15) is 0 Å². The van der Waals surface area contributed by atoms with E-state index in [1.807, 2.05) is 13.8 Å². The number of rotatable bonds is 4. The summed E-state index contributed by atoms with van der Waals surface area (Å²) in [6.45, 7) is 8.04. The highest BCUT2D eigenvalue weighted by Gasteiger charge is 2.11. The average Bonchev–Trinajstić information content (AvgIpc) is 1.84. The Morgan fingerprint density at radius 1 is 1.33 bits per heavy atom. The van der Waals surface area contributed by atoms with Crippen molar-refractivity contribution in [3.63, 3.8) is 0 Å². The molecule has 3 nitrogen and oxygen atoms in total. The Morgan fingerprint density at radius 2 is 1.83 bits per heavy atom. The smallest absolute Gasteiger partial charge is 0.0908 e. The van der Waals surface area contributed by atoms with Crippen LogP contribution in [0.4, 0.5) is 0 Å². The zero-order valence-electron chi connectivity index (χ0n) is 8.54. The zero-order valence-corrected chi connectivity index (χ0v) is 8.54. The van der Waals surface area contributed by atoms with Gasteiger partial charge >= 0.3 is 0 Å². The van der Waals surface area contributed by atoms with E-state index in [-0.39, 0.29) is 12.1 Å². The topological polar surface area (TPSA) is 64.4 Å². The van der Waals surface area contributed by atoms with Gasteiger partial charge in [0.25, 0.3) is 0 Å². The van der Waals surface area contributed by atoms with Crippen LogP contribution in [0, 0.1) is 5.92 Å². The fourth-order valence-corrected chi connectivity index (χ4v) is 1.15. The predicted molar refractivity (Wildman–Crippen MR) is 54.2 cm³/mol. The van der Waals surface area contributed by atoms with Crippen molar-refractivity contribution in [2.75, 3.05) is 0 Å². The Balaban J connectivity index is 3.84.